The number of benzene rings is 1. The lowest BCUT2D eigenvalue weighted by atomic mass is 9.62. The van der Waals surface area contributed by atoms with Gasteiger partial charge in [-0.25, -0.2) is 0 Å². The second-order valence-corrected chi connectivity index (χ2v) is 6.08. The standard InChI is InChI=1S/C17H23NO2/c1-2-20-16(19)17-10-8-15(17)12-18(13-17)11-9-14-6-4-3-5-7-14/h3-7,15H,2,8-13H2,1H3/t15?,17-/m1/s1. The number of carbonyl (C=O) groups is 1. The lowest BCUT2D eigenvalue weighted by molar-refractivity contribution is -0.163. The molecular formula is C17H23NO2. The molecule has 3 heteroatoms. The van der Waals surface area contributed by atoms with E-state index in [1.165, 1.54) is 12.0 Å². The van der Waals surface area contributed by atoms with Crippen LogP contribution < -0.4 is 0 Å². The minimum Gasteiger partial charge on any atom is -0.466 e. The molecule has 2 fully saturated rings. The summed E-state index contributed by atoms with van der Waals surface area (Å²) in [5.74, 6) is 0.566. The second kappa shape index (κ2) is 5.57. The molecule has 0 bridgehead atoms. The number of carbonyl (C=O) groups excluding carboxylic acids is 1. The van der Waals surface area contributed by atoms with Crippen molar-refractivity contribution in [2.45, 2.75) is 26.2 Å². The van der Waals surface area contributed by atoms with Gasteiger partial charge in [0, 0.05) is 19.6 Å². The summed E-state index contributed by atoms with van der Waals surface area (Å²) in [5, 5.41) is 0. The van der Waals surface area contributed by atoms with Gasteiger partial charge in [-0.2, -0.15) is 0 Å². The summed E-state index contributed by atoms with van der Waals surface area (Å²) < 4.78 is 5.30. The van der Waals surface area contributed by atoms with E-state index >= 15 is 0 Å². The van der Waals surface area contributed by atoms with E-state index in [0.29, 0.717) is 12.5 Å². The van der Waals surface area contributed by atoms with Gasteiger partial charge in [0.15, 0.2) is 0 Å². The van der Waals surface area contributed by atoms with Crippen LogP contribution in [0.1, 0.15) is 25.3 Å². The predicted octanol–water partition coefficient (Wildman–Crippen LogP) is 2.50. The van der Waals surface area contributed by atoms with Crippen molar-refractivity contribution in [2.24, 2.45) is 11.3 Å². The Balaban J connectivity index is 1.57. The highest BCUT2D eigenvalue weighted by atomic mass is 16.5. The van der Waals surface area contributed by atoms with E-state index in [0.717, 1.165) is 32.5 Å². The van der Waals surface area contributed by atoms with Crippen LogP contribution in [0, 0.1) is 11.3 Å². The zero-order valence-electron chi connectivity index (χ0n) is 12.2. The highest BCUT2D eigenvalue weighted by Crippen LogP contribution is 2.52. The third-order valence-corrected chi connectivity index (χ3v) is 4.95. The van der Waals surface area contributed by atoms with Crippen molar-refractivity contribution in [1.29, 1.82) is 0 Å². The van der Waals surface area contributed by atoms with Crippen molar-refractivity contribution in [2.75, 3.05) is 26.2 Å². The first-order valence-electron chi connectivity index (χ1n) is 7.68. The van der Waals surface area contributed by atoms with Crippen LogP contribution in [0.5, 0.6) is 0 Å². The fraction of sp³-hybridized carbons (Fsp3) is 0.588. The third kappa shape index (κ3) is 2.35. The highest BCUT2D eigenvalue weighted by Gasteiger charge is 2.58. The molecule has 1 saturated carbocycles. The maximum atomic E-state index is 12.2. The number of fused-ring (bicyclic) bond motifs is 1. The van der Waals surface area contributed by atoms with E-state index in [-0.39, 0.29) is 11.4 Å². The fourth-order valence-electron chi connectivity index (χ4n) is 3.66. The first kappa shape index (κ1) is 13.6. The average molecular weight is 273 g/mol. The van der Waals surface area contributed by atoms with E-state index in [4.69, 9.17) is 4.74 Å². The molecule has 3 rings (SSSR count). The largest absolute Gasteiger partial charge is 0.466 e. The molecule has 1 heterocycles. The minimum atomic E-state index is -0.174. The predicted molar refractivity (Wildman–Crippen MR) is 78.4 cm³/mol. The molecule has 0 radical (unpaired) electrons. The Kier molecular flexibility index (Phi) is 3.79. The molecule has 2 atom stereocenters. The molecule has 20 heavy (non-hydrogen) atoms. The molecular weight excluding hydrogens is 250 g/mol. The van der Waals surface area contributed by atoms with Gasteiger partial charge >= 0.3 is 5.97 Å². The van der Waals surface area contributed by atoms with Gasteiger partial charge in [-0.1, -0.05) is 30.3 Å². The van der Waals surface area contributed by atoms with Crippen LogP contribution in [0.15, 0.2) is 30.3 Å². The van der Waals surface area contributed by atoms with Gasteiger partial charge in [0.05, 0.1) is 12.0 Å². The molecule has 1 aliphatic heterocycles. The monoisotopic (exact) mass is 273 g/mol. The number of likely N-dealkylation sites (tertiary alicyclic amines) is 1. The number of hydrogen-bond donors (Lipinski definition) is 0. The molecule has 1 aromatic carbocycles. The molecule has 0 aromatic heterocycles. The van der Waals surface area contributed by atoms with Gasteiger partial charge in [-0.3, -0.25) is 4.79 Å². The molecule has 3 nitrogen and oxygen atoms in total. The Morgan fingerprint density at radius 3 is 2.85 bits per heavy atom. The summed E-state index contributed by atoms with van der Waals surface area (Å²) in [5.41, 5.74) is 1.20. The summed E-state index contributed by atoms with van der Waals surface area (Å²) in [7, 11) is 0. The lowest BCUT2D eigenvalue weighted by Gasteiger charge is -2.41. The first-order chi connectivity index (χ1) is 9.74. The van der Waals surface area contributed by atoms with Crippen molar-refractivity contribution in [3.05, 3.63) is 35.9 Å². The summed E-state index contributed by atoms with van der Waals surface area (Å²) in [6.45, 7) is 5.39. The topological polar surface area (TPSA) is 29.5 Å². The zero-order chi connectivity index (χ0) is 14.0. The Morgan fingerprint density at radius 1 is 1.40 bits per heavy atom. The van der Waals surface area contributed by atoms with Gasteiger partial charge in [0.2, 0.25) is 0 Å². The van der Waals surface area contributed by atoms with Crippen LogP contribution in [0.4, 0.5) is 0 Å². The number of hydrogen-bond acceptors (Lipinski definition) is 3. The van der Waals surface area contributed by atoms with E-state index < -0.39 is 0 Å². The fourth-order valence-corrected chi connectivity index (χ4v) is 3.66. The quantitative estimate of drug-likeness (QED) is 0.772. The smallest absolute Gasteiger partial charge is 0.313 e. The molecule has 0 spiro atoms. The summed E-state index contributed by atoms with van der Waals surface area (Å²) in [6, 6.07) is 10.6. The van der Waals surface area contributed by atoms with Crippen molar-refractivity contribution in [3.8, 4) is 0 Å². The molecule has 108 valence electrons. The van der Waals surface area contributed by atoms with Crippen molar-refractivity contribution in [3.63, 3.8) is 0 Å². The Labute approximate surface area is 120 Å². The lowest BCUT2D eigenvalue weighted by Crippen LogP contribution is -2.47. The van der Waals surface area contributed by atoms with Crippen molar-refractivity contribution >= 4 is 5.97 Å². The van der Waals surface area contributed by atoms with E-state index in [1.54, 1.807) is 0 Å². The van der Waals surface area contributed by atoms with E-state index in [1.807, 2.05) is 6.92 Å². The van der Waals surface area contributed by atoms with Gasteiger partial charge in [0.25, 0.3) is 0 Å². The Morgan fingerprint density at radius 2 is 2.20 bits per heavy atom. The maximum Gasteiger partial charge on any atom is 0.313 e. The summed E-state index contributed by atoms with van der Waals surface area (Å²) in [6.07, 6.45) is 3.26. The Bertz CT molecular complexity index is 473. The normalized spacial score (nSPS) is 28.8. The first-order valence-corrected chi connectivity index (χ1v) is 7.68. The minimum absolute atomic E-state index is 0.0402. The Hall–Kier alpha value is -1.35. The molecule has 1 unspecified atom stereocenters. The molecule has 0 amide bonds. The molecule has 0 N–H and O–H groups in total. The summed E-state index contributed by atoms with van der Waals surface area (Å²) in [4.78, 5) is 14.6. The third-order valence-electron chi connectivity index (χ3n) is 4.95. The average Bonchev–Trinajstić information content (AvgIpc) is 2.71. The number of ether oxygens (including phenoxy) is 1. The van der Waals surface area contributed by atoms with Crippen molar-refractivity contribution < 1.29 is 9.53 Å². The second-order valence-electron chi connectivity index (χ2n) is 6.08. The van der Waals surface area contributed by atoms with E-state index in [2.05, 4.69) is 35.2 Å². The van der Waals surface area contributed by atoms with E-state index in [9.17, 15) is 4.79 Å². The van der Waals surface area contributed by atoms with Crippen LogP contribution in [-0.4, -0.2) is 37.1 Å². The van der Waals surface area contributed by atoms with Crippen LogP contribution in [0.3, 0.4) is 0 Å². The van der Waals surface area contributed by atoms with Crippen molar-refractivity contribution in [1.82, 2.24) is 4.90 Å². The van der Waals surface area contributed by atoms with Crippen LogP contribution in [0.2, 0.25) is 0 Å². The molecule has 1 saturated heterocycles. The van der Waals surface area contributed by atoms with Crippen LogP contribution >= 0.6 is 0 Å². The molecule has 1 aliphatic carbocycles. The number of rotatable bonds is 5. The SMILES string of the molecule is CCOC(=O)[C@@]12CCC1CN(CCc1ccccc1)C2. The molecule has 2 aliphatic rings. The zero-order valence-corrected chi connectivity index (χ0v) is 12.2. The van der Waals surface area contributed by atoms with Crippen LogP contribution in [-0.2, 0) is 16.0 Å². The van der Waals surface area contributed by atoms with Gasteiger partial charge in [-0.05, 0) is 37.7 Å². The number of esters is 1. The summed E-state index contributed by atoms with van der Waals surface area (Å²) >= 11 is 0. The number of nitrogens with zero attached hydrogens (tertiary/aromatic N) is 1. The van der Waals surface area contributed by atoms with Gasteiger partial charge in [0.1, 0.15) is 0 Å². The maximum absolute atomic E-state index is 12.2. The molecule has 1 aromatic rings. The van der Waals surface area contributed by atoms with Crippen LogP contribution in [0.25, 0.3) is 0 Å². The highest BCUT2D eigenvalue weighted by molar-refractivity contribution is 5.79. The van der Waals surface area contributed by atoms with Gasteiger partial charge < -0.3 is 9.64 Å². The van der Waals surface area contributed by atoms with Gasteiger partial charge in [-0.15, -0.1) is 0 Å².